The molecule has 0 aromatic heterocycles. The number of rotatable bonds is 4. The number of non-ortho nitro benzene ring substituents is 1. The van der Waals surface area contributed by atoms with Gasteiger partial charge in [-0.05, 0) is 24.1 Å². The third-order valence-corrected chi connectivity index (χ3v) is 2.98. The Morgan fingerprint density at radius 1 is 1.26 bits per heavy atom. The summed E-state index contributed by atoms with van der Waals surface area (Å²) in [6.45, 7) is 2.67. The van der Waals surface area contributed by atoms with Crippen LogP contribution in [0.1, 0.15) is 11.1 Å². The highest BCUT2D eigenvalue weighted by Crippen LogP contribution is 2.24. The number of nitro benzene ring substituents is 1. The predicted octanol–water partition coefficient (Wildman–Crippen LogP) is 3.10. The fourth-order valence-electron chi connectivity index (χ4n) is 1.82. The highest BCUT2D eigenvalue weighted by Gasteiger charge is 2.08. The number of nitro groups is 1. The minimum Gasteiger partial charge on any atom is -0.397 e. The molecule has 5 nitrogen and oxygen atoms in total. The van der Waals surface area contributed by atoms with Gasteiger partial charge in [0.1, 0.15) is 0 Å². The number of hydrogen-bond donors (Lipinski definition) is 2. The Morgan fingerprint density at radius 2 is 2.00 bits per heavy atom. The molecular formula is C14H15N3O2. The maximum atomic E-state index is 10.6. The molecule has 19 heavy (non-hydrogen) atoms. The second-order valence-electron chi connectivity index (χ2n) is 4.31. The second-order valence-corrected chi connectivity index (χ2v) is 4.31. The Bertz CT molecular complexity index is 611. The van der Waals surface area contributed by atoms with Crippen LogP contribution in [-0.4, -0.2) is 4.92 Å². The SMILES string of the molecule is Cc1ccccc1CNc1ccc([N+](=O)[O-])cc1N. The number of nitrogens with two attached hydrogens (primary N) is 1. The van der Waals surface area contributed by atoms with Gasteiger partial charge in [0.15, 0.2) is 0 Å². The van der Waals surface area contributed by atoms with E-state index in [1.54, 1.807) is 6.07 Å². The largest absolute Gasteiger partial charge is 0.397 e. The fraction of sp³-hybridized carbons (Fsp3) is 0.143. The monoisotopic (exact) mass is 257 g/mol. The van der Waals surface area contributed by atoms with Crippen LogP contribution >= 0.6 is 0 Å². The third-order valence-electron chi connectivity index (χ3n) is 2.98. The van der Waals surface area contributed by atoms with E-state index in [4.69, 9.17) is 5.73 Å². The van der Waals surface area contributed by atoms with Crippen LogP contribution in [0.2, 0.25) is 0 Å². The number of hydrogen-bond acceptors (Lipinski definition) is 4. The summed E-state index contributed by atoms with van der Waals surface area (Å²) < 4.78 is 0. The molecule has 0 heterocycles. The lowest BCUT2D eigenvalue weighted by Crippen LogP contribution is -2.04. The van der Waals surface area contributed by atoms with Crippen LogP contribution in [0, 0.1) is 17.0 Å². The van der Waals surface area contributed by atoms with Gasteiger partial charge in [-0.15, -0.1) is 0 Å². The second kappa shape index (κ2) is 5.39. The summed E-state index contributed by atoms with van der Waals surface area (Å²) in [7, 11) is 0. The molecule has 0 radical (unpaired) electrons. The van der Waals surface area contributed by atoms with E-state index in [1.165, 1.54) is 23.3 Å². The molecule has 2 aromatic rings. The molecule has 0 atom stereocenters. The van der Waals surface area contributed by atoms with Crippen molar-refractivity contribution in [1.29, 1.82) is 0 Å². The molecule has 0 aliphatic heterocycles. The van der Waals surface area contributed by atoms with E-state index in [2.05, 4.69) is 5.32 Å². The first-order valence-corrected chi connectivity index (χ1v) is 5.90. The Morgan fingerprint density at radius 3 is 2.63 bits per heavy atom. The van der Waals surface area contributed by atoms with Crippen molar-refractivity contribution in [1.82, 2.24) is 0 Å². The molecule has 5 heteroatoms. The zero-order valence-corrected chi connectivity index (χ0v) is 10.6. The smallest absolute Gasteiger partial charge is 0.271 e. The van der Waals surface area contributed by atoms with Gasteiger partial charge >= 0.3 is 0 Å². The standard InChI is InChI=1S/C14H15N3O2/c1-10-4-2-3-5-11(10)9-16-14-7-6-12(17(18)19)8-13(14)15/h2-8,16H,9,15H2,1H3. The van der Waals surface area contributed by atoms with Crippen molar-refractivity contribution in [3.05, 3.63) is 63.7 Å². The van der Waals surface area contributed by atoms with E-state index >= 15 is 0 Å². The van der Waals surface area contributed by atoms with Crippen LogP contribution in [0.3, 0.4) is 0 Å². The van der Waals surface area contributed by atoms with Gasteiger partial charge in [-0.3, -0.25) is 10.1 Å². The molecule has 0 aliphatic rings. The van der Waals surface area contributed by atoms with Gasteiger partial charge in [-0.1, -0.05) is 24.3 Å². The van der Waals surface area contributed by atoms with Gasteiger partial charge in [0, 0.05) is 18.7 Å². The average Bonchev–Trinajstić information content (AvgIpc) is 2.39. The Kier molecular flexibility index (Phi) is 3.66. The van der Waals surface area contributed by atoms with E-state index < -0.39 is 4.92 Å². The summed E-state index contributed by atoms with van der Waals surface area (Å²) in [5.74, 6) is 0. The molecule has 0 fully saturated rings. The molecule has 2 aromatic carbocycles. The maximum absolute atomic E-state index is 10.6. The lowest BCUT2D eigenvalue weighted by atomic mass is 10.1. The summed E-state index contributed by atoms with van der Waals surface area (Å²) in [6, 6.07) is 12.5. The number of nitrogens with one attached hydrogen (secondary N) is 1. The zero-order valence-electron chi connectivity index (χ0n) is 10.6. The first kappa shape index (κ1) is 12.9. The minimum atomic E-state index is -0.457. The van der Waals surface area contributed by atoms with Crippen molar-refractivity contribution in [2.45, 2.75) is 13.5 Å². The summed E-state index contributed by atoms with van der Waals surface area (Å²) in [5.41, 5.74) is 9.23. The van der Waals surface area contributed by atoms with Gasteiger partial charge in [0.05, 0.1) is 16.3 Å². The van der Waals surface area contributed by atoms with Gasteiger partial charge in [0.2, 0.25) is 0 Å². The van der Waals surface area contributed by atoms with E-state index in [0.717, 1.165) is 0 Å². The quantitative estimate of drug-likeness (QED) is 0.501. The topological polar surface area (TPSA) is 81.2 Å². The molecule has 3 N–H and O–H groups in total. The molecule has 0 saturated carbocycles. The summed E-state index contributed by atoms with van der Waals surface area (Å²) >= 11 is 0. The molecule has 0 aliphatic carbocycles. The number of aryl methyl sites for hydroxylation is 1. The van der Waals surface area contributed by atoms with Crippen LogP contribution in [0.15, 0.2) is 42.5 Å². The normalized spacial score (nSPS) is 10.2. The molecule has 0 spiro atoms. The summed E-state index contributed by atoms with van der Waals surface area (Å²) in [4.78, 5) is 10.2. The third kappa shape index (κ3) is 3.01. The number of nitrogens with zero attached hydrogens (tertiary/aromatic N) is 1. The number of benzene rings is 2. The highest BCUT2D eigenvalue weighted by atomic mass is 16.6. The number of anilines is 2. The molecular weight excluding hydrogens is 242 g/mol. The van der Waals surface area contributed by atoms with Crippen molar-refractivity contribution in [2.24, 2.45) is 0 Å². The van der Waals surface area contributed by atoms with Crippen LogP contribution < -0.4 is 11.1 Å². The van der Waals surface area contributed by atoms with E-state index in [0.29, 0.717) is 17.9 Å². The molecule has 0 bridgehead atoms. The molecule has 0 saturated heterocycles. The van der Waals surface area contributed by atoms with Crippen molar-refractivity contribution in [2.75, 3.05) is 11.1 Å². The van der Waals surface area contributed by atoms with E-state index in [-0.39, 0.29) is 5.69 Å². The molecule has 98 valence electrons. The first-order valence-electron chi connectivity index (χ1n) is 5.90. The Labute approximate surface area is 111 Å². The summed E-state index contributed by atoms with van der Waals surface area (Å²) in [5, 5.41) is 13.8. The zero-order chi connectivity index (χ0) is 13.8. The van der Waals surface area contributed by atoms with E-state index in [1.807, 2.05) is 31.2 Å². The minimum absolute atomic E-state index is 0.000980. The van der Waals surface area contributed by atoms with Gasteiger partial charge in [-0.2, -0.15) is 0 Å². The van der Waals surface area contributed by atoms with Crippen molar-refractivity contribution < 1.29 is 4.92 Å². The lowest BCUT2D eigenvalue weighted by molar-refractivity contribution is -0.384. The summed E-state index contributed by atoms with van der Waals surface area (Å²) in [6.07, 6.45) is 0. The molecule has 0 unspecified atom stereocenters. The average molecular weight is 257 g/mol. The van der Waals surface area contributed by atoms with Crippen LogP contribution in [-0.2, 0) is 6.54 Å². The highest BCUT2D eigenvalue weighted by molar-refractivity contribution is 5.69. The predicted molar refractivity (Wildman–Crippen MR) is 76.0 cm³/mol. The van der Waals surface area contributed by atoms with Gasteiger partial charge in [0.25, 0.3) is 5.69 Å². The maximum Gasteiger partial charge on any atom is 0.271 e. The van der Waals surface area contributed by atoms with Gasteiger partial charge in [-0.25, -0.2) is 0 Å². The fourth-order valence-corrected chi connectivity index (χ4v) is 1.82. The lowest BCUT2D eigenvalue weighted by Gasteiger charge is -2.10. The van der Waals surface area contributed by atoms with Crippen molar-refractivity contribution in [3.63, 3.8) is 0 Å². The van der Waals surface area contributed by atoms with E-state index in [9.17, 15) is 10.1 Å². The van der Waals surface area contributed by atoms with Crippen LogP contribution in [0.25, 0.3) is 0 Å². The van der Waals surface area contributed by atoms with Crippen molar-refractivity contribution >= 4 is 17.1 Å². The van der Waals surface area contributed by atoms with Crippen LogP contribution in [0.4, 0.5) is 17.1 Å². The Hall–Kier alpha value is -2.56. The molecule has 0 amide bonds. The first-order chi connectivity index (χ1) is 9.08. The van der Waals surface area contributed by atoms with Gasteiger partial charge < -0.3 is 11.1 Å². The molecule has 2 rings (SSSR count). The number of nitrogen functional groups attached to an aromatic ring is 1. The Balaban J connectivity index is 2.12. The van der Waals surface area contributed by atoms with Crippen molar-refractivity contribution in [3.8, 4) is 0 Å². The van der Waals surface area contributed by atoms with Crippen LogP contribution in [0.5, 0.6) is 0 Å².